The number of esters is 1. The van der Waals surface area contributed by atoms with E-state index < -0.39 is 17.9 Å². The number of hydrogen-bond acceptors (Lipinski definition) is 7. The maximum atomic E-state index is 13.8. The van der Waals surface area contributed by atoms with Crippen molar-refractivity contribution >= 4 is 18.1 Å². The molecule has 2 N–H and O–H groups in total. The fraction of sp³-hybridized carbons (Fsp3) is 0.238. The molecule has 0 aliphatic carbocycles. The lowest BCUT2D eigenvalue weighted by Crippen LogP contribution is -2.13. The van der Waals surface area contributed by atoms with Crippen molar-refractivity contribution in [3.05, 3.63) is 58.8 Å². The lowest BCUT2D eigenvalue weighted by atomic mass is 10.0. The Labute approximate surface area is 172 Å². The molecular weight excluding hydrogens is 391 g/mol. The van der Waals surface area contributed by atoms with Crippen molar-refractivity contribution in [3.8, 4) is 16.9 Å². The van der Waals surface area contributed by atoms with Crippen molar-refractivity contribution < 1.29 is 23.5 Å². The van der Waals surface area contributed by atoms with Crippen molar-refractivity contribution in [2.75, 3.05) is 12.8 Å². The topological polar surface area (TPSA) is 109 Å². The molecule has 0 spiro atoms. The zero-order valence-corrected chi connectivity index (χ0v) is 17.0. The zero-order valence-electron chi connectivity index (χ0n) is 17.0. The third-order valence-corrected chi connectivity index (χ3v) is 4.71. The lowest BCUT2D eigenvalue weighted by molar-refractivity contribution is 0.0595. The Morgan fingerprint density at radius 3 is 2.73 bits per heavy atom. The van der Waals surface area contributed by atoms with Crippen LogP contribution in [0.1, 0.15) is 45.1 Å². The number of nitrogens with zero attached hydrogens (tertiary/aromatic N) is 3. The number of halogens is 1. The van der Waals surface area contributed by atoms with Gasteiger partial charge in [0.1, 0.15) is 17.6 Å². The summed E-state index contributed by atoms with van der Waals surface area (Å²) in [5.41, 5.74) is 8.68. The molecule has 1 unspecified atom stereocenters. The number of aldehydes is 1. The summed E-state index contributed by atoms with van der Waals surface area (Å²) < 4.78 is 26.0. The fourth-order valence-corrected chi connectivity index (χ4v) is 3.27. The number of anilines is 1. The Morgan fingerprint density at radius 2 is 2.07 bits per heavy atom. The van der Waals surface area contributed by atoms with Crippen molar-refractivity contribution in [3.63, 3.8) is 0 Å². The van der Waals surface area contributed by atoms with Gasteiger partial charge in [-0.25, -0.2) is 14.2 Å². The second-order valence-corrected chi connectivity index (χ2v) is 6.68. The molecule has 1 atom stereocenters. The maximum Gasteiger partial charge on any atom is 0.338 e. The molecule has 0 bridgehead atoms. The van der Waals surface area contributed by atoms with Crippen LogP contribution in [0.2, 0.25) is 0 Å². The molecular formula is C21H21FN4O4. The molecule has 3 aromatic rings. The number of hydrogen-bond donors (Lipinski definition) is 1. The van der Waals surface area contributed by atoms with E-state index in [1.165, 1.54) is 36.2 Å². The highest BCUT2D eigenvalue weighted by Gasteiger charge is 2.21. The standard InChI is InChI=1S/C21H21FN4O4/c1-11-19(17(10-27)26(3)25-11)13-7-18(20(23)24-9-13)30-12(2)16-8-14(22)5-6-15(16)21(28)29-4/h5-10,12H,1-4H3,(H2,23,24). The molecule has 0 aliphatic rings. The number of aryl methyl sites for hydroxylation is 2. The van der Waals surface area contributed by atoms with Gasteiger partial charge in [-0.15, -0.1) is 0 Å². The first-order valence-corrected chi connectivity index (χ1v) is 9.05. The molecule has 2 heterocycles. The molecule has 3 rings (SSSR count). The quantitative estimate of drug-likeness (QED) is 0.489. The van der Waals surface area contributed by atoms with Crippen molar-refractivity contribution in [1.82, 2.24) is 14.8 Å². The van der Waals surface area contributed by atoms with Crippen LogP contribution in [0.3, 0.4) is 0 Å². The minimum atomic E-state index is -0.741. The summed E-state index contributed by atoms with van der Waals surface area (Å²) in [6, 6.07) is 5.35. The van der Waals surface area contributed by atoms with E-state index in [-0.39, 0.29) is 17.1 Å². The van der Waals surface area contributed by atoms with Crippen LogP contribution < -0.4 is 10.5 Å². The number of carbonyl (C=O) groups is 2. The molecule has 30 heavy (non-hydrogen) atoms. The van der Waals surface area contributed by atoms with E-state index in [9.17, 15) is 14.0 Å². The SMILES string of the molecule is COC(=O)c1ccc(F)cc1C(C)Oc1cc(-c2c(C)nn(C)c2C=O)cnc1N. The van der Waals surface area contributed by atoms with Gasteiger partial charge in [-0.2, -0.15) is 5.10 Å². The van der Waals surface area contributed by atoms with E-state index in [1.54, 1.807) is 27.0 Å². The van der Waals surface area contributed by atoms with E-state index in [1.807, 2.05) is 0 Å². The first kappa shape index (κ1) is 21.0. The summed E-state index contributed by atoms with van der Waals surface area (Å²) in [6.45, 7) is 3.43. The predicted molar refractivity (Wildman–Crippen MR) is 108 cm³/mol. The number of pyridine rings is 1. The number of rotatable bonds is 6. The van der Waals surface area contributed by atoms with Gasteiger partial charge in [-0.1, -0.05) is 0 Å². The molecule has 8 nitrogen and oxygen atoms in total. The summed E-state index contributed by atoms with van der Waals surface area (Å²) in [7, 11) is 2.91. The zero-order chi connectivity index (χ0) is 22.0. The van der Waals surface area contributed by atoms with Crippen LogP contribution in [-0.2, 0) is 11.8 Å². The number of ether oxygens (including phenoxy) is 2. The monoisotopic (exact) mass is 412 g/mol. The summed E-state index contributed by atoms with van der Waals surface area (Å²) in [5.74, 6) is -0.799. The van der Waals surface area contributed by atoms with Gasteiger partial charge >= 0.3 is 5.97 Å². The number of carbonyl (C=O) groups excluding carboxylic acids is 2. The minimum Gasteiger partial charge on any atom is -0.482 e. The second kappa shape index (κ2) is 8.32. The molecule has 0 amide bonds. The van der Waals surface area contributed by atoms with E-state index >= 15 is 0 Å². The highest BCUT2D eigenvalue weighted by molar-refractivity contribution is 5.91. The minimum absolute atomic E-state index is 0.107. The Bertz CT molecular complexity index is 1130. The number of nitrogens with two attached hydrogens (primary N) is 1. The molecule has 0 aliphatic heterocycles. The molecule has 9 heteroatoms. The summed E-state index contributed by atoms with van der Waals surface area (Å²) in [6.07, 6.45) is 1.49. The molecule has 2 aromatic heterocycles. The van der Waals surface area contributed by atoms with Crippen LogP contribution in [0.4, 0.5) is 10.2 Å². The summed E-state index contributed by atoms with van der Waals surface area (Å²) in [4.78, 5) is 27.7. The average Bonchev–Trinajstić information content (AvgIpc) is 3.01. The largest absolute Gasteiger partial charge is 0.482 e. The van der Waals surface area contributed by atoms with Gasteiger partial charge in [-0.3, -0.25) is 9.48 Å². The Balaban J connectivity index is 2.01. The molecule has 0 saturated heterocycles. The summed E-state index contributed by atoms with van der Waals surface area (Å²) >= 11 is 0. The molecule has 0 saturated carbocycles. The number of nitrogen functional groups attached to an aromatic ring is 1. The maximum absolute atomic E-state index is 13.8. The molecule has 1 aromatic carbocycles. The van der Waals surface area contributed by atoms with Crippen molar-refractivity contribution in [2.45, 2.75) is 20.0 Å². The van der Waals surface area contributed by atoms with E-state index in [0.717, 1.165) is 0 Å². The van der Waals surface area contributed by atoms with Gasteiger partial charge < -0.3 is 15.2 Å². The number of benzene rings is 1. The Kier molecular flexibility index (Phi) is 5.81. The number of aromatic nitrogens is 3. The first-order valence-electron chi connectivity index (χ1n) is 9.05. The van der Waals surface area contributed by atoms with Gasteiger partial charge in [0.05, 0.1) is 18.4 Å². The van der Waals surface area contributed by atoms with E-state index in [2.05, 4.69) is 10.1 Å². The van der Waals surface area contributed by atoms with Crippen LogP contribution in [-0.4, -0.2) is 34.1 Å². The van der Waals surface area contributed by atoms with Gasteiger partial charge in [0.2, 0.25) is 0 Å². The van der Waals surface area contributed by atoms with Gasteiger partial charge in [-0.05, 0) is 38.1 Å². The third kappa shape index (κ3) is 3.86. The van der Waals surface area contributed by atoms with E-state index in [0.29, 0.717) is 34.4 Å². The second-order valence-electron chi connectivity index (χ2n) is 6.68. The molecule has 156 valence electrons. The predicted octanol–water partition coefficient (Wildman–Crippen LogP) is 3.25. The van der Waals surface area contributed by atoms with Crippen LogP contribution in [0, 0.1) is 12.7 Å². The van der Waals surface area contributed by atoms with Crippen LogP contribution in [0.25, 0.3) is 11.1 Å². The lowest BCUT2D eigenvalue weighted by Gasteiger charge is -2.19. The van der Waals surface area contributed by atoms with E-state index in [4.69, 9.17) is 15.2 Å². The highest BCUT2D eigenvalue weighted by Crippen LogP contribution is 2.34. The Morgan fingerprint density at radius 1 is 1.33 bits per heavy atom. The third-order valence-electron chi connectivity index (χ3n) is 4.71. The fourth-order valence-electron chi connectivity index (χ4n) is 3.27. The van der Waals surface area contributed by atoms with Crippen molar-refractivity contribution in [1.29, 1.82) is 0 Å². The Hall–Kier alpha value is -3.75. The summed E-state index contributed by atoms with van der Waals surface area (Å²) in [5, 5.41) is 4.26. The van der Waals surface area contributed by atoms with Crippen molar-refractivity contribution in [2.24, 2.45) is 7.05 Å². The van der Waals surface area contributed by atoms with Crippen LogP contribution in [0.5, 0.6) is 5.75 Å². The van der Waals surface area contributed by atoms with Gasteiger partial charge in [0.15, 0.2) is 17.9 Å². The number of methoxy groups -OCH3 is 1. The smallest absolute Gasteiger partial charge is 0.338 e. The molecule has 0 fully saturated rings. The van der Waals surface area contributed by atoms with Crippen LogP contribution >= 0.6 is 0 Å². The molecule has 0 radical (unpaired) electrons. The van der Waals surface area contributed by atoms with Gasteiger partial charge in [0, 0.05) is 29.9 Å². The van der Waals surface area contributed by atoms with Crippen LogP contribution in [0.15, 0.2) is 30.5 Å². The first-order chi connectivity index (χ1) is 14.3. The normalized spacial score (nSPS) is 11.8. The average molecular weight is 412 g/mol. The highest BCUT2D eigenvalue weighted by atomic mass is 19.1. The van der Waals surface area contributed by atoms with Gasteiger partial charge in [0.25, 0.3) is 0 Å².